The Labute approximate surface area is 156 Å². The smallest absolute Gasteiger partial charge is 0.160 e. The third-order valence-corrected chi connectivity index (χ3v) is 5.02. The molecule has 0 saturated carbocycles. The Balaban J connectivity index is 1.31. The van der Waals surface area contributed by atoms with Crippen LogP contribution in [0.2, 0.25) is 0 Å². The number of rotatable bonds is 5. The third-order valence-electron chi connectivity index (χ3n) is 5.02. The molecule has 0 fully saturated rings. The van der Waals surface area contributed by atoms with Crippen molar-refractivity contribution >= 4 is 5.65 Å². The molecule has 8 heteroatoms. The zero-order valence-corrected chi connectivity index (χ0v) is 15.1. The summed E-state index contributed by atoms with van der Waals surface area (Å²) in [4.78, 5) is 4.55. The first-order valence-corrected chi connectivity index (χ1v) is 9.46. The molecule has 0 aliphatic carbocycles. The summed E-state index contributed by atoms with van der Waals surface area (Å²) in [5, 5.41) is 16.8. The predicted octanol–water partition coefficient (Wildman–Crippen LogP) is 1.92. The highest BCUT2D eigenvalue weighted by Gasteiger charge is 2.15. The fraction of sp³-hybridized carbons (Fsp3) is 0.368. The highest BCUT2D eigenvalue weighted by Crippen LogP contribution is 2.19. The molecule has 5 rings (SSSR count). The van der Waals surface area contributed by atoms with Gasteiger partial charge in [-0.25, -0.2) is 4.98 Å². The van der Waals surface area contributed by atoms with Crippen LogP contribution in [0, 0.1) is 0 Å². The Morgan fingerprint density at radius 2 is 2.15 bits per heavy atom. The Morgan fingerprint density at radius 1 is 1.15 bits per heavy atom. The Kier molecular flexibility index (Phi) is 4.17. The second-order valence-electron chi connectivity index (χ2n) is 6.87. The lowest BCUT2D eigenvalue weighted by Gasteiger charge is -2.06. The van der Waals surface area contributed by atoms with E-state index in [0.29, 0.717) is 0 Å². The van der Waals surface area contributed by atoms with Crippen LogP contribution in [-0.4, -0.2) is 40.5 Å². The van der Waals surface area contributed by atoms with Crippen LogP contribution in [-0.2, 0) is 26.1 Å². The van der Waals surface area contributed by atoms with Gasteiger partial charge in [0.25, 0.3) is 0 Å². The van der Waals surface area contributed by atoms with Crippen LogP contribution >= 0.6 is 0 Å². The summed E-state index contributed by atoms with van der Waals surface area (Å²) in [7, 11) is 0. The number of nitrogens with zero attached hydrogens (tertiary/aromatic N) is 7. The van der Waals surface area contributed by atoms with Crippen molar-refractivity contribution in [2.45, 2.75) is 38.9 Å². The second-order valence-corrected chi connectivity index (χ2v) is 6.87. The van der Waals surface area contributed by atoms with Crippen LogP contribution in [0.3, 0.4) is 0 Å². The first kappa shape index (κ1) is 16.2. The zero-order chi connectivity index (χ0) is 18.1. The van der Waals surface area contributed by atoms with Gasteiger partial charge in [-0.1, -0.05) is 6.07 Å². The number of aryl methyl sites for hydroxylation is 3. The van der Waals surface area contributed by atoms with Crippen LogP contribution in [0.25, 0.3) is 17.2 Å². The van der Waals surface area contributed by atoms with Crippen molar-refractivity contribution < 1.29 is 0 Å². The van der Waals surface area contributed by atoms with Gasteiger partial charge < -0.3 is 9.88 Å². The SMILES string of the molecule is c1ccn2c(CCCn3ccnc3-c3cc4n(n3)CCCNC4)nnc2c1. The lowest BCUT2D eigenvalue weighted by atomic mass is 10.2. The van der Waals surface area contributed by atoms with E-state index in [1.807, 2.05) is 41.2 Å². The summed E-state index contributed by atoms with van der Waals surface area (Å²) in [5.74, 6) is 1.92. The van der Waals surface area contributed by atoms with Crippen molar-refractivity contribution in [2.75, 3.05) is 6.54 Å². The molecule has 0 amide bonds. The minimum Gasteiger partial charge on any atom is -0.330 e. The van der Waals surface area contributed by atoms with E-state index in [1.165, 1.54) is 5.69 Å². The van der Waals surface area contributed by atoms with E-state index in [0.717, 1.165) is 68.4 Å². The molecule has 0 saturated heterocycles. The molecule has 5 heterocycles. The van der Waals surface area contributed by atoms with Gasteiger partial charge in [0.2, 0.25) is 0 Å². The topological polar surface area (TPSA) is 77.9 Å². The summed E-state index contributed by atoms with van der Waals surface area (Å²) < 4.78 is 6.34. The van der Waals surface area contributed by atoms with Crippen molar-refractivity contribution in [1.82, 2.24) is 39.2 Å². The highest BCUT2D eigenvalue weighted by molar-refractivity contribution is 5.50. The number of nitrogens with one attached hydrogen (secondary N) is 1. The van der Waals surface area contributed by atoms with Gasteiger partial charge in [0.15, 0.2) is 11.5 Å². The van der Waals surface area contributed by atoms with E-state index in [2.05, 4.69) is 35.8 Å². The molecule has 1 aliphatic rings. The summed E-state index contributed by atoms with van der Waals surface area (Å²) in [6.07, 6.45) is 8.83. The molecule has 1 N–H and O–H groups in total. The standard InChI is InChI=1S/C19H22N8/c1-2-10-26-17(5-1)22-23-18(26)6-3-9-25-12-8-21-19(25)16-13-15-14-20-7-4-11-27(15)24-16/h1-2,5,8,10,12-13,20H,3-4,6-7,9,11,14H2. The summed E-state index contributed by atoms with van der Waals surface area (Å²) in [5.41, 5.74) is 3.07. The highest BCUT2D eigenvalue weighted by atomic mass is 15.3. The van der Waals surface area contributed by atoms with E-state index in [-0.39, 0.29) is 0 Å². The number of hydrogen-bond acceptors (Lipinski definition) is 5. The van der Waals surface area contributed by atoms with Crippen LogP contribution in [0.5, 0.6) is 0 Å². The van der Waals surface area contributed by atoms with Crippen molar-refractivity contribution in [3.8, 4) is 11.5 Å². The van der Waals surface area contributed by atoms with Gasteiger partial charge in [0, 0.05) is 44.6 Å². The van der Waals surface area contributed by atoms with Crippen molar-refractivity contribution in [1.29, 1.82) is 0 Å². The molecule has 1 aliphatic heterocycles. The predicted molar refractivity (Wildman–Crippen MR) is 101 cm³/mol. The van der Waals surface area contributed by atoms with Gasteiger partial charge in [-0.15, -0.1) is 10.2 Å². The molecule has 0 unspecified atom stereocenters. The van der Waals surface area contributed by atoms with E-state index in [4.69, 9.17) is 5.10 Å². The van der Waals surface area contributed by atoms with E-state index in [1.54, 1.807) is 0 Å². The molecule has 27 heavy (non-hydrogen) atoms. The summed E-state index contributed by atoms with van der Waals surface area (Å²) in [6, 6.07) is 8.12. The summed E-state index contributed by atoms with van der Waals surface area (Å²) in [6.45, 7) is 3.75. The van der Waals surface area contributed by atoms with Crippen molar-refractivity contribution in [2.24, 2.45) is 0 Å². The lowest BCUT2D eigenvalue weighted by Crippen LogP contribution is -2.11. The molecule has 4 aromatic rings. The first-order valence-electron chi connectivity index (χ1n) is 9.46. The number of pyridine rings is 1. The average molecular weight is 362 g/mol. The maximum atomic E-state index is 4.78. The van der Waals surface area contributed by atoms with Crippen molar-refractivity contribution in [3.05, 3.63) is 54.4 Å². The van der Waals surface area contributed by atoms with Gasteiger partial charge in [-0.05, 0) is 37.6 Å². The molecule has 138 valence electrons. The quantitative estimate of drug-likeness (QED) is 0.587. The number of aromatic nitrogens is 7. The summed E-state index contributed by atoms with van der Waals surface area (Å²) >= 11 is 0. The molecule has 0 bridgehead atoms. The fourth-order valence-corrected chi connectivity index (χ4v) is 3.66. The van der Waals surface area contributed by atoms with Crippen LogP contribution < -0.4 is 5.32 Å². The molecule has 0 spiro atoms. The Bertz CT molecular complexity index is 1030. The molecule has 4 aromatic heterocycles. The molecule has 0 atom stereocenters. The fourth-order valence-electron chi connectivity index (χ4n) is 3.66. The van der Waals surface area contributed by atoms with Gasteiger partial charge in [-0.3, -0.25) is 9.08 Å². The van der Waals surface area contributed by atoms with E-state index >= 15 is 0 Å². The minimum absolute atomic E-state index is 0.867. The zero-order valence-electron chi connectivity index (χ0n) is 15.1. The largest absolute Gasteiger partial charge is 0.330 e. The normalized spacial score (nSPS) is 14.4. The molecular weight excluding hydrogens is 340 g/mol. The monoisotopic (exact) mass is 362 g/mol. The molecule has 0 aromatic carbocycles. The Morgan fingerprint density at radius 3 is 3.15 bits per heavy atom. The van der Waals surface area contributed by atoms with Gasteiger partial charge >= 0.3 is 0 Å². The number of hydrogen-bond donors (Lipinski definition) is 1. The number of imidazole rings is 1. The molecular formula is C19H22N8. The maximum absolute atomic E-state index is 4.78. The average Bonchev–Trinajstić information content (AvgIpc) is 3.38. The lowest BCUT2D eigenvalue weighted by molar-refractivity contribution is 0.586. The number of fused-ring (bicyclic) bond motifs is 2. The third kappa shape index (κ3) is 3.12. The van der Waals surface area contributed by atoms with Crippen molar-refractivity contribution in [3.63, 3.8) is 0 Å². The second kappa shape index (κ2) is 6.96. The van der Waals surface area contributed by atoms with Crippen LogP contribution in [0.4, 0.5) is 0 Å². The van der Waals surface area contributed by atoms with Crippen LogP contribution in [0.1, 0.15) is 24.4 Å². The van der Waals surface area contributed by atoms with E-state index < -0.39 is 0 Å². The van der Waals surface area contributed by atoms with Gasteiger partial charge in [-0.2, -0.15) is 5.10 Å². The maximum Gasteiger partial charge on any atom is 0.160 e. The first-order chi connectivity index (χ1) is 13.4. The van der Waals surface area contributed by atoms with Crippen LogP contribution in [0.15, 0.2) is 42.9 Å². The minimum atomic E-state index is 0.867. The van der Waals surface area contributed by atoms with Gasteiger partial charge in [0.05, 0.1) is 5.69 Å². The van der Waals surface area contributed by atoms with E-state index in [9.17, 15) is 0 Å². The van der Waals surface area contributed by atoms with Gasteiger partial charge in [0.1, 0.15) is 11.5 Å². The molecule has 8 nitrogen and oxygen atoms in total. The Hall–Kier alpha value is -3.00. The molecule has 0 radical (unpaired) electrons.